The summed E-state index contributed by atoms with van der Waals surface area (Å²) in [7, 11) is 0. The predicted octanol–water partition coefficient (Wildman–Crippen LogP) is 0.219. The van der Waals surface area contributed by atoms with Crippen molar-refractivity contribution in [2.24, 2.45) is 0 Å². The predicted molar refractivity (Wildman–Crippen MR) is 55.0 cm³/mol. The summed E-state index contributed by atoms with van der Waals surface area (Å²) in [6.07, 6.45) is 1.58. The molecule has 6 heteroatoms. The van der Waals surface area contributed by atoms with Crippen molar-refractivity contribution in [1.82, 2.24) is 9.97 Å². The van der Waals surface area contributed by atoms with Gasteiger partial charge in [-0.05, 0) is 6.42 Å². The third-order valence-electron chi connectivity index (χ3n) is 1.71. The van der Waals surface area contributed by atoms with E-state index in [1.165, 1.54) is 6.07 Å². The number of carboxylic acids is 1. The lowest BCUT2D eigenvalue weighted by molar-refractivity contribution is -0.134. The Morgan fingerprint density at radius 2 is 2.40 bits per heavy atom. The molecule has 0 amide bonds. The number of H-pyrrole nitrogens is 1. The topological polar surface area (TPSA) is 95.1 Å². The molecule has 1 aromatic rings. The first-order valence-electron chi connectivity index (χ1n) is 4.67. The Labute approximate surface area is 86.4 Å². The normalized spacial score (nSPS) is 9.93. The quantitative estimate of drug-likeness (QED) is 0.647. The highest BCUT2D eigenvalue weighted by Crippen LogP contribution is 1.99. The minimum absolute atomic E-state index is 0.202. The summed E-state index contributed by atoms with van der Waals surface area (Å²) < 4.78 is 0. The van der Waals surface area contributed by atoms with Crippen LogP contribution in [0.1, 0.15) is 19.0 Å². The highest BCUT2D eigenvalue weighted by Gasteiger charge is 2.02. The molecular weight excluding hydrogens is 198 g/mol. The molecule has 6 nitrogen and oxygen atoms in total. The monoisotopic (exact) mass is 211 g/mol. The lowest BCUT2D eigenvalue weighted by Gasteiger charge is -2.03. The average Bonchev–Trinajstić information content (AvgIpc) is 2.14. The molecular formula is C9H13N3O3. The molecule has 0 fully saturated rings. The first-order chi connectivity index (χ1) is 7.11. The third kappa shape index (κ3) is 3.80. The first-order valence-corrected chi connectivity index (χ1v) is 4.67. The number of carboxylic acid groups (broad SMARTS) is 1. The minimum atomic E-state index is -1.00. The van der Waals surface area contributed by atoms with Crippen LogP contribution in [0.4, 0.5) is 5.95 Å². The Balaban J connectivity index is 2.79. The maximum atomic E-state index is 11.1. The molecule has 0 aliphatic rings. The van der Waals surface area contributed by atoms with Gasteiger partial charge in [0.2, 0.25) is 5.95 Å². The number of nitrogens with one attached hydrogen (secondary N) is 2. The number of anilines is 1. The number of nitrogens with zero attached hydrogens (tertiary/aromatic N) is 1. The zero-order valence-corrected chi connectivity index (χ0v) is 8.41. The summed E-state index contributed by atoms with van der Waals surface area (Å²) in [5, 5.41) is 11.0. The Morgan fingerprint density at radius 1 is 1.67 bits per heavy atom. The van der Waals surface area contributed by atoms with Crippen molar-refractivity contribution in [2.75, 3.05) is 11.9 Å². The number of aliphatic carboxylic acids is 1. The fourth-order valence-corrected chi connectivity index (χ4v) is 1.14. The Hall–Kier alpha value is -1.85. The van der Waals surface area contributed by atoms with Crippen molar-refractivity contribution >= 4 is 11.9 Å². The van der Waals surface area contributed by atoms with Gasteiger partial charge in [0.25, 0.3) is 5.56 Å². The standard InChI is InChI=1S/C9H13N3O3/c1-2-3-6-4-7(13)12-9(11-6)10-5-8(14)15/h4H,2-3,5H2,1H3,(H,14,15)(H2,10,11,12,13). The van der Waals surface area contributed by atoms with Crippen molar-refractivity contribution in [3.05, 3.63) is 22.1 Å². The molecule has 0 aliphatic carbocycles. The van der Waals surface area contributed by atoms with Gasteiger partial charge in [-0.25, -0.2) is 4.98 Å². The molecule has 3 N–H and O–H groups in total. The lowest BCUT2D eigenvalue weighted by Crippen LogP contribution is -2.18. The molecule has 1 aromatic heterocycles. The van der Waals surface area contributed by atoms with Gasteiger partial charge in [0.1, 0.15) is 6.54 Å². The van der Waals surface area contributed by atoms with Crippen molar-refractivity contribution in [3.8, 4) is 0 Å². The molecule has 0 saturated carbocycles. The average molecular weight is 211 g/mol. The van der Waals surface area contributed by atoms with Crippen molar-refractivity contribution in [1.29, 1.82) is 0 Å². The number of aromatic amines is 1. The zero-order chi connectivity index (χ0) is 11.3. The summed E-state index contributed by atoms with van der Waals surface area (Å²) in [6, 6.07) is 1.41. The SMILES string of the molecule is CCCc1cc(=O)[nH]c(NCC(=O)O)n1. The first kappa shape index (κ1) is 11.2. The van der Waals surface area contributed by atoms with Crippen LogP contribution < -0.4 is 10.9 Å². The molecule has 0 radical (unpaired) electrons. The highest BCUT2D eigenvalue weighted by molar-refractivity contribution is 5.71. The number of aryl methyl sites for hydroxylation is 1. The molecule has 0 spiro atoms. The summed E-state index contributed by atoms with van der Waals surface area (Å²) in [5.74, 6) is -0.799. The summed E-state index contributed by atoms with van der Waals surface area (Å²) >= 11 is 0. The Bertz CT molecular complexity index is 400. The smallest absolute Gasteiger partial charge is 0.322 e. The molecule has 0 unspecified atom stereocenters. The zero-order valence-electron chi connectivity index (χ0n) is 8.41. The van der Waals surface area contributed by atoms with Crippen molar-refractivity contribution in [3.63, 3.8) is 0 Å². The second kappa shape index (κ2) is 5.14. The molecule has 0 atom stereocenters. The second-order valence-corrected chi connectivity index (χ2v) is 3.08. The summed E-state index contributed by atoms with van der Waals surface area (Å²) in [4.78, 5) is 27.9. The van der Waals surface area contributed by atoms with Gasteiger partial charge in [-0.15, -0.1) is 0 Å². The van der Waals surface area contributed by atoms with E-state index in [1.54, 1.807) is 0 Å². The van der Waals surface area contributed by atoms with Gasteiger partial charge < -0.3 is 10.4 Å². The number of carbonyl (C=O) groups is 1. The molecule has 1 heterocycles. The van der Waals surface area contributed by atoms with E-state index in [1.807, 2.05) is 6.92 Å². The van der Waals surface area contributed by atoms with Crippen molar-refractivity contribution < 1.29 is 9.90 Å². The fourth-order valence-electron chi connectivity index (χ4n) is 1.14. The second-order valence-electron chi connectivity index (χ2n) is 3.08. The summed E-state index contributed by atoms with van der Waals surface area (Å²) in [5.41, 5.74) is 0.385. The molecule has 1 rings (SSSR count). The van der Waals surface area contributed by atoms with E-state index >= 15 is 0 Å². The molecule has 0 aromatic carbocycles. The molecule has 0 bridgehead atoms. The van der Waals surface area contributed by atoms with Crippen LogP contribution >= 0.6 is 0 Å². The molecule has 0 saturated heterocycles. The van der Waals surface area contributed by atoms with Crippen LogP contribution in [-0.2, 0) is 11.2 Å². The Kier molecular flexibility index (Phi) is 3.84. The summed E-state index contributed by atoms with van der Waals surface area (Å²) in [6.45, 7) is 1.71. The van der Waals surface area contributed by atoms with Crippen molar-refractivity contribution in [2.45, 2.75) is 19.8 Å². The van der Waals surface area contributed by atoms with E-state index < -0.39 is 5.97 Å². The van der Waals surface area contributed by atoms with Gasteiger partial charge in [0.05, 0.1) is 0 Å². The van der Waals surface area contributed by atoms with Gasteiger partial charge >= 0.3 is 5.97 Å². The third-order valence-corrected chi connectivity index (χ3v) is 1.71. The largest absolute Gasteiger partial charge is 0.480 e. The van der Waals surface area contributed by atoms with Crippen LogP contribution in [0.2, 0.25) is 0 Å². The van der Waals surface area contributed by atoms with E-state index in [9.17, 15) is 9.59 Å². The lowest BCUT2D eigenvalue weighted by atomic mass is 10.2. The van der Waals surface area contributed by atoms with E-state index in [0.717, 1.165) is 6.42 Å². The Morgan fingerprint density at radius 3 is 3.00 bits per heavy atom. The maximum absolute atomic E-state index is 11.1. The van der Waals surface area contributed by atoms with Gasteiger partial charge in [0.15, 0.2) is 0 Å². The number of hydrogen-bond acceptors (Lipinski definition) is 4. The van der Waals surface area contributed by atoms with E-state index in [0.29, 0.717) is 12.1 Å². The fraction of sp³-hybridized carbons (Fsp3) is 0.444. The van der Waals surface area contributed by atoms with Crippen LogP contribution in [0, 0.1) is 0 Å². The highest BCUT2D eigenvalue weighted by atomic mass is 16.4. The molecule has 0 aliphatic heterocycles. The number of hydrogen-bond donors (Lipinski definition) is 3. The molecule has 82 valence electrons. The van der Waals surface area contributed by atoms with Gasteiger partial charge in [-0.3, -0.25) is 14.6 Å². The van der Waals surface area contributed by atoms with E-state index in [4.69, 9.17) is 5.11 Å². The minimum Gasteiger partial charge on any atom is -0.480 e. The van der Waals surface area contributed by atoms with Gasteiger partial charge in [-0.1, -0.05) is 13.3 Å². The van der Waals surface area contributed by atoms with E-state index in [-0.39, 0.29) is 18.1 Å². The van der Waals surface area contributed by atoms with Crippen LogP contribution in [0.5, 0.6) is 0 Å². The van der Waals surface area contributed by atoms with Crippen LogP contribution in [0.25, 0.3) is 0 Å². The number of rotatable bonds is 5. The maximum Gasteiger partial charge on any atom is 0.322 e. The molecule has 15 heavy (non-hydrogen) atoms. The number of aromatic nitrogens is 2. The van der Waals surface area contributed by atoms with Crippen LogP contribution in [-0.4, -0.2) is 27.6 Å². The van der Waals surface area contributed by atoms with Crippen LogP contribution in [0.15, 0.2) is 10.9 Å². The van der Waals surface area contributed by atoms with Crippen LogP contribution in [0.3, 0.4) is 0 Å². The van der Waals surface area contributed by atoms with Gasteiger partial charge in [-0.2, -0.15) is 0 Å². The van der Waals surface area contributed by atoms with E-state index in [2.05, 4.69) is 15.3 Å². The van der Waals surface area contributed by atoms with Gasteiger partial charge in [0, 0.05) is 11.8 Å².